The van der Waals surface area contributed by atoms with Gasteiger partial charge in [0.2, 0.25) is 0 Å². The van der Waals surface area contributed by atoms with Crippen LogP contribution in [0.2, 0.25) is 18.1 Å². The van der Waals surface area contributed by atoms with Gasteiger partial charge in [0.25, 0.3) is 0 Å². The van der Waals surface area contributed by atoms with Crippen molar-refractivity contribution in [2.75, 3.05) is 6.61 Å². The quantitative estimate of drug-likeness (QED) is 0.761. The van der Waals surface area contributed by atoms with Crippen molar-refractivity contribution in [3.63, 3.8) is 0 Å². The Hall–Kier alpha value is -2.19. The van der Waals surface area contributed by atoms with E-state index in [9.17, 15) is 9.90 Å². The van der Waals surface area contributed by atoms with E-state index in [4.69, 9.17) is 9.16 Å². The summed E-state index contributed by atoms with van der Waals surface area (Å²) in [5, 5.41) is 9.37. The molecule has 0 saturated heterocycles. The largest absolute Gasteiger partial charge is 0.489 e. The van der Waals surface area contributed by atoms with E-state index in [0.717, 1.165) is 0 Å². The Morgan fingerprint density at radius 2 is 2.08 bits per heavy atom. The smallest absolute Gasteiger partial charge is 0.335 e. The Bertz CT molecular complexity index is 694. The molecule has 2 aromatic heterocycles. The summed E-state index contributed by atoms with van der Waals surface area (Å²) in [6, 6.07) is 3.52. The molecule has 2 rings (SSSR count). The van der Waals surface area contributed by atoms with Gasteiger partial charge in [-0.15, -0.1) is 0 Å². The molecule has 0 unspecified atom stereocenters. The third-order valence-corrected chi connectivity index (χ3v) is 8.90. The van der Waals surface area contributed by atoms with Gasteiger partial charge >= 0.3 is 5.97 Å². The van der Waals surface area contributed by atoms with Gasteiger partial charge < -0.3 is 14.3 Å². The number of carboxylic acids is 1. The minimum atomic E-state index is -2.20. The van der Waals surface area contributed by atoms with E-state index >= 15 is 0 Å². The number of imidazole rings is 1. The molecule has 7 nitrogen and oxygen atoms in total. The van der Waals surface area contributed by atoms with Crippen LogP contribution >= 0.6 is 0 Å². The molecule has 8 heteroatoms. The molecule has 0 aromatic carbocycles. The highest BCUT2D eigenvalue weighted by molar-refractivity contribution is 6.74. The molecule has 0 aliphatic rings. The minimum absolute atomic E-state index is 0.0616. The molecule has 0 bridgehead atoms. The van der Waals surface area contributed by atoms with Crippen molar-refractivity contribution in [3.8, 4) is 11.6 Å². The number of hydrogen-bond acceptors (Lipinski definition) is 5. The molecule has 1 N–H and O–H groups in total. The number of hydrogen-bond donors (Lipinski definition) is 1. The van der Waals surface area contributed by atoms with Crippen molar-refractivity contribution in [1.82, 2.24) is 14.5 Å². The fourth-order valence-corrected chi connectivity index (χ4v) is 3.10. The summed E-state index contributed by atoms with van der Waals surface area (Å²) in [5.41, 5.74) is 0. The molecule has 0 saturated carbocycles. The van der Waals surface area contributed by atoms with Crippen LogP contribution in [0.4, 0.5) is 0 Å². The molecule has 25 heavy (non-hydrogen) atoms. The second-order valence-corrected chi connectivity index (χ2v) is 12.1. The van der Waals surface area contributed by atoms with Crippen molar-refractivity contribution in [1.29, 1.82) is 0 Å². The predicted octanol–water partition coefficient (Wildman–Crippen LogP) is 3.12. The van der Waals surface area contributed by atoms with E-state index in [2.05, 4.69) is 30.7 Å². The molecular weight excluding hydrogens is 338 g/mol. The lowest BCUT2D eigenvalue weighted by Crippen LogP contribution is -2.47. The van der Waals surface area contributed by atoms with E-state index in [0.29, 0.717) is 11.6 Å². The fraction of sp³-hybridized carbons (Fsp3) is 0.471. The van der Waals surface area contributed by atoms with Gasteiger partial charge in [-0.3, -0.25) is 4.57 Å². The van der Waals surface area contributed by atoms with Gasteiger partial charge in [-0.25, -0.2) is 14.8 Å². The molecule has 0 amide bonds. The van der Waals surface area contributed by atoms with Crippen molar-refractivity contribution in [2.24, 2.45) is 0 Å². The van der Waals surface area contributed by atoms with E-state index in [1.807, 2.05) is 13.1 Å². The Kier molecular flexibility index (Phi) is 5.64. The molecule has 136 valence electrons. The number of carboxylic acid groups (broad SMARTS) is 1. The van der Waals surface area contributed by atoms with Gasteiger partial charge in [-0.1, -0.05) is 20.8 Å². The molecule has 2 aromatic rings. The first-order valence-corrected chi connectivity index (χ1v) is 11.0. The van der Waals surface area contributed by atoms with Crippen LogP contribution in [0.3, 0.4) is 0 Å². The number of pyridine rings is 1. The number of nitrogens with zero attached hydrogens (tertiary/aromatic N) is 3. The molecular formula is C17H25N3O4Si. The summed E-state index contributed by atoms with van der Waals surface area (Å²) >= 11 is 0. The van der Waals surface area contributed by atoms with E-state index in [-0.39, 0.29) is 11.6 Å². The van der Waals surface area contributed by atoms with Crippen LogP contribution in [0, 0.1) is 0 Å². The zero-order chi connectivity index (χ0) is 18.7. The highest BCUT2D eigenvalue weighted by atomic mass is 28.4. The fourth-order valence-electron chi connectivity index (χ4n) is 1.87. The van der Waals surface area contributed by atoms with Gasteiger partial charge in [-0.05, 0) is 30.3 Å². The molecule has 0 aliphatic heterocycles. The molecule has 0 radical (unpaired) electrons. The molecule has 1 atom stereocenters. The summed E-state index contributed by atoms with van der Waals surface area (Å²) in [6.07, 6.45) is 5.66. The Morgan fingerprint density at radius 1 is 1.36 bits per heavy atom. The molecule has 0 spiro atoms. The topological polar surface area (TPSA) is 86.5 Å². The van der Waals surface area contributed by atoms with Crippen LogP contribution in [-0.4, -0.2) is 46.6 Å². The van der Waals surface area contributed by atoms with Crippen molar-refractivity contribution >= 4 is 14.3 Å². The van der Waals surface area contributed by atoms with Crippen molar-refractivity contribution in [3.05, 3.63) is 37.1 Å². The maximum atomic E-state index is 11.5. The van der Waals surface area contributed by atoms with Crippen molar-refractivity contribution in [2.45, 2.75) is 45.0 Å². The molecule has 0 fully saturated rings. The third kappa shape index (κ3) is 4.89. The summed E-state index contributed by atoms with van der Waals surface area (Å²) in [5.74, 6) is 0.180. The standard InChI is InChI=1S/C17H25N3O4Si/c1-17(2,3)25(4,5)24-14(16(21)22)11-23-13-6-7-15(19-10-13)20-9-8-18-12-20/h6-10,12,14H,11H2,1-5H3,(H,21,22)/t14-/m1/s1. The Labute approximate surface area is 148 Å². The zero-order valence-electron chi connectivity index (χ0n) is 15.3. The van der Waals surface area contributed by atoms with Gasteiger partial charge in [0.15, 0.2) is 14.4 Å². The van der Waals surface area contributed by atoms with E-state index in [1.54, 1.807) is 41.6 Å². The zero-order valence-corrected chi connectivity index (χ0v) is 16.3. The van der Waals surface area contributed by atoms with Gasteiger partial charge in [-0.2, -0.15) is 0 Å². The third-order valence-electron chi connectivity index (χ3n) is 4.41. The Balaban J connectivity index is 2.00. The summed E-state index contributed by atoms with van der Waals surface area (Å²) in [6.45, 7) is 10.2. The van der Waals surface area contributed by atoms with Crippen LogP contribution in [0.15, 0.2) is 37.1 Å². The highest BCUT2D eigenvalue weighted by Gasteiger charge is 2.41. The van der Waals surface area contributed by atoms with Crippen LogP contribution in [-0.2, 0) is 9.22 Å². The van der Waals surface area contributed by atoms with Gasteiger partial charge in [0.1, 0.15) is 24.5 Å². The molecule has 0 aliphatic carbocycles. The van der Waals surface area contributed by atoms with Gasteiger partial charge in [0, 0.05) is 12.4 Å². The minimum Gasteiger partial charge on any atom is -0.489 e. The number of rotatable bonds is 7. The molecule has 2 heterocycles. The van der Waals surface area contributed by atoms with E-state index in [1.165, 1.54) is 0 Å². The average Bonchev–Trinajstić information content (AvgIpc) is 3.05. The lowest BCUT2D eigenvalue weighted by Gasteiger charge is -2.38. The lowest BCUT2D eigenvalue weighted by atomic mass is 10.2. The predicted molar refractivity (Wildman–Crippen MR) is 96.6 cm³/mol. The lowest BCUT2D eigenvalue weighted by molar-refractivity contribution is -0.147. The second kappa shape index (κ2) is 7.36. The second-order valence-electron chi connectivity index (χ2n) is 7.34. The van der Waals surface area contributed by atoms with Crippen LogP contribution in [0.25, 0.3) is 5.82 Å². The SMILES string of the molecule is CC(C)(C)[Si](C)(C)O[C@H](COc1ccc(-n2ccnc2)nc1)C(=O)O. The first-order valence-electron chi connectivity index (χ1n) is 8.08. The number of aliphatic carboxylic acids is 1. The monoisotopic (exact) mass is 363 g/mol. The number of carbonyl (C=O) groups is 1. The Morgan fingerprint density at radius 3 is 2.56 bits per heavy atom. The average molecular weight is 363 g/mol. The normalized spacial score (nSPS) is 13.5. The van der Waals surface area contributed by atoms with Gasteiger partial charge in [0.05, 0.1) is 6.20 Å². The van der Waals surface area contributed by atoms with Crippen LogP contribution in [0.1, 0.15) is 20.8 Å². The summed E-state index contributed by atoms with van der Waals surface area (Å²) in [4.78, 5) is 19.8. The maximum absolute atomic E-state index is 11.5. The van der Waals surface area contributed by atoms with Crippen LogP contribution in [0.5, 0.6) is 5.75 Å². The van der Waals surface area contributed by atoms with Crippen molar-refractivity contribution < 1.29 is 19.1 Å². The van der Waals surface area contributed by atoms with E-state index < -0.39 is 20.4 Å². The number of aromatic nitrogens is 3. The van der Waals surface area contributed by atoms with Crippen LogP contribution < -0.4 is 4.74 Å². The summed E-state index contributed by atoms with van der Waals surface area (Å²) < 4.78 is 13.3. The number of ether oxygens (including phenoxy) is 1. The first kappa shape index (κ1) is 19.1. The first-order chi connectivity index (χ1) is 11.6. The maximum Gasteiger partial charge on any atom is 0.335 e. The highest BCUT2D eigenvalue weighted by Crippen LogP contribution is 2.37. The summed E-state index contributed by atoms with van der Waals surface area (Å²) in [7, 11) is -2.20.